The van der Waals surface area contributed by atoms with Crippen LogP contribution in [-0.4, -0.2) is 62.3 Å². The van der Waals surface area contributed by atoms with Crippen LogP contribution in [0.2, 0.25) is 0 Å². The average Bonchev–Trinajstić information content (AvgIpc) is 3.16. The molecule has 1 aliphatic rings. The lowest BCUT2D eigenvalue weighted by molar-refractivity contribution is -0.147. The highest BCUT2D eigenvalue weighted by atomic mass is 32.2. The second-order valence-corrected chi connectivity index (χ2v) is 12.5. The van der Waals surface area contributed by atoms with Gasteiger partial charge in [-0.3, -0.25) is 9.59 Å². The monoisotopic (exact) mass is 563 g/mol. The molecule has 11 heteroatoms. The molecular weight excluding hydrogens is 528 g/mol. The molecule has 39 heavy (non-hydrogen) atoms. The van der Waals surface area contributed by atoms with Gasteiger partial charge < -0.3 is 25.4 Å². The molecule has 3 rings (SSSR count). The summed E-state index contributed by atoms with van der Waals surface area (Å²) in [7, 11) is 0. The van der Waals surface area contributed by atoms with Gasteiger partial charge in [0.25, 0.3) is 5.91 Å². The number of aliphatic hydroxyl groups is 1. The van der Waals surface area contributed by atoms with Crippen LogP contribution in [0, 0.1) is 11.6 Å². The molecule has 0 spiro atoms. The zero-order valence-electron chi connectivity index (χ0n) is 22.7. The normalized spacial score (nSPS) is 18.3. The minimum absolute atomic E-state index is 0.0968. The number of nitrogens with one attached hydrogen (secondary N) is 2. The molecule has 212 valence electrons. The van der Waals surface area contributed by atoms with Crippen molar-refractivity contribution in [3.05, 3.63) is 71.3 Å². The quantitative estimate of drug-likeness (QED) is 0.452. The summed E-state index contributed by atoms with van der Waals surface area (Å²) in [6.45, 7) is 8.22. The van der Waals surface area contributed by atoms with Gasteiger partial charge in [0.1, 0.15) is 23.3 Å². The van der Waals surface area contributed by atoms with Crippen molar-refractivity contribution in [2.45, 2.75) is 76.1 Å². The number of ether oxygens (including phenoxy) is 1. The number of aliphatic hydroxyl groups excluding tert-OH is 1. The first-order chi connectivity index (χ1) is 18.2. The fourth-order valence-corrected chi connectivity index (χ4v) is 5.44. The molecule has 1 fully saturated rings. The summed E-state index contributed by atoms with van der Waals surface area (Å²) < 4.78 is 32.7. The maximum Gasteiger partial charge on any atom is 0.407 e. The van der Waals surface area contributed by atoms with Gasteiger partial charge in [0.2, 0.25) is 5.91 Å². The van der Waals surface area contributed by atoms with E-state index in [0.717, 1.165) is 17.7 Å². The number of thioether (sulfide) groups is 1. The van der Waals surface area contributed by atoms with Crippen LogP contribution in [0.3, 0.4) is 0 Å². The number of hydrogen-bond acceptors (Lipinski definition) is 6. The highest BCUT2D eigenvalue weighted by Gasteiger charge is 2.49. The first-order valence-corrected chi connectivity index (χ1v) is 13.5. The van der Waals surface area contributed by atoms with Crippen molar-refractivity contribution in [3.63, 3.8) is 0 Å². The van der Waals surface area contributed by atoms with Gasteiger partial charge in [0.05, 0.1) is 11.9 Å². The van der Waals surface area contributed by atoms with E-state index in [2.05, 4.69) is 10.6 Å². The molecule has 3 atom stereocenters. The number of amides is 3. The number of nitrogens with zero attached hydrogens (tertiary/aromatic N) is 1. The third-order valence-corrected chi connectivity index (χ3v) is 7.59. The van der Waals surface area contributed by atoms with Crippen LogP contribution in [0.15, 0.2) is 48.5 Å². The molecule has 1 saturated heterocycles. The number of benzene rings is 2. The van der Waals surface area contributed by atoms with E-state index in [0.29, 0.717) is 0 Å². The van der Waals surface area contributed by atoms with Crippen molar-refractivity contribution < 1.29 is 33.0 Å². The molecule has 2 aromatic carbocycles. The van der Waals surface area contributed by atoms with Gasteiger partial charge in [-0.15, -0.1) is 11.8 Å². The van der Waals surface area contributed by atoms with Gasteiger partial charge in [0.15, 0.2) is 6.10 Å². The van der Waals surface area contributed by atoms with E-state index in [1.807, 2.05) is 6.07 Å². The first-order valence-electron chi connectivity index (χ1n) is 12.6. The van der Waals surface area contributed by atoms with Crippen LogP contribution in [0.4, 0.5) is 13.6 Å². The van der Waals surface area contributed by atoms with E-state index < -0.39 is 64.6 Å². The molecule has 1 heterocycles. The average molecular weight is 564 g/mol. The van der Waals surface area contributed by atoms with E-state index in [-0.39, 0.29) is 17.9 Å². The molecule has 0 aliphatic carbocycles. The maximum atomic E-state index is 14.1. The standard InChI is InChI=1S/C28H35F2N3O5S/c1-27(2,3)38-26(37)32-21(14-17-10-7-6-8-11-17)22(34)25(36)33-16-39-28(4,5)23(33)24(35)31-15-18-19(29)12-9-13-20(18)30/h6-13,21-23,34H,14-16H2,1-5H3,(H,31,35)(H,32,37). The van der Waals surface area contributed by atoms with Crippen molar-refractivity contribution in [3.8, 4) is 0 Å². The number of hydrogen-bond donors (Lipinski definition) is 3. The Morgan fingerprint density at radius 2 is 1.72 bits per heavy atom. The van der Waals surface area contributed by atoms with E-state index in [1.54, 1.807) is 58.9 Å². The highest BCUT2D eigenvalue weighted by Crippen LogP contribution is 2.40. The minimum atomic E-state index is -1.70. The molecule has 2 aromatic rings. The number of rotatable bonds is 8. The smallest absolute Gasteiger partial charge is 0.407 e. The number of alkyl carbamates (subject to hydrolysis) is 1. The zero-order chi connectivity index (χ0) is 29.0. The van der Waals surface area contributed by atoms with Gasteiger partial charge in [-0.2, -0.15) is 0 Å². The predicted octanol–water partition coefficient (Wildman–Crippen LogP) is 3.76. The molecular formula is C28H35F2N3O5S. The Morgan fingerprint density at radius 1 is 1.10 bits per heavy atom. The summed E-state index contributed by atoms with van der Waals surface area (Å²) in [5.41, 5.74) is -0.327. The number of carbonyl (C=O) groups is 3. The molecule has 0 radical (unpaired) electrons. The summed E-state index contributed by atoms with van der Waals surface area (Å²) in [5.74, 6) is -2.87. The van der Waals surface area contributed by atoms with Crippen molar-refractivity contribution in [1.29, 1.82) is 0 Å². The Bertz CT molecular complexity index is 1170. The summed E-state index contributed by atoms with van der Waals surface area (Å²) in [4.78, 5) is 40.6. The van der Waals surface area contributed by atoms with E-state index >= 15 is 0 Å². The fraction of sp³-hybridized carbons (Fsp3) is 0.464. The van der Waals surface area contributed by atoms with Crippen molar-refractivity contribution in [2.24, 2.45) is 0 Å². The SMILES string of the molecule is CC(C)(C)OC(=O)NC(Cc1ccccc1)C(O)C(=O)N1CSC(C)(C)C1C(=O)NCc1c(F)cccc1F. The molecule has 3 amide bonds. The Balaban J connectivity index is 1.80. The molecule has 0 aromatic heterocycles. The second-order valence-electron chi connectivity index (χ2n) is 10.9. The van der Waals surface area contributed by atoms with Crippen molar-refractivity contribution in [1.82, 2.24) is 15.5 Å². The van der Waals surface area contributed by atoms with Gasteiger partial charge in [0, 0.05) is 16.9 Å². The Kier molecular flexibility index (Phi) is 9.60. The minimum Gasteiger partial charge on any atom is -0.444 e. The van der Waals surface area contributed by atoms with Crippen LogP contribution in [-0.2, 0) is 27.3 Å². The lowest BCUT2D eigenvalue weighted by atomic mass is 9.97. The Morgan fingerprint density at radius 3 is 2.31 bits per heavy atom. The number of halogens is 2. The summed E-state index contributed by atoms with van der Waals surface area (Å²) in [6, 6.07) is 10.3. The highest BCUT2D eigenvalue weighted by molar-refractivity contribution is 8.00. The molecule has 1 aliphatic heterocycles. The molecule has 3 N–H and O–H groups in total. The largest absolute Gasteiger partial charge is 0.444 e. The lowest BCUT2D eigenvalue weighted by Gasteiger charge is -2.33. The summed E-state index contributed by atoms with van der Waals surface area (Å²) >= 11 is 1.33. The zero-order valence-corrected chi connectivity index (χ0v) is 23.5. The third-order valence-electron chi connectivity index (χ3n) is 6.21. The van der Waals surface area contributed by atoms with Gasteiger partial charge >= 0.3 is 6.09 Å². The molecule has 0 saturated carbocycles. The topological polar surface area (TPSA) is 108 Å². The van der Waals surface area contributed by atoms with E-state index in [1.165, 1.54) is 22.7 Å². The van der Waals surface area contributed by atoms with Gasteiger partial charge in [-0.1, -0.05) is 36.4 Å². The van der Waals surface area contributed by atoms with Crippen LogP contribution < -0.4 is 10.6 Å². The van der Waals surface area contributed by atoms with Crippen LogP contribution in [0.25, 0.3) is 0 Å². The predicted molar refractivity (Wildman–Crippen MR) is 145 cm³/mol. The van der Waals surface area contributed by atoms with Crippen LogP contribution in [0.1, 0.15) is 45.7 Å². The van der Waals surface area contributed by atoms with Crippen molar-refractivity contribution in [2.75, 3.05) is 5.88 Å². The van der Waals surface area contributed by atoms with E-state index in [9.17, 15) is 28.3 Å². The summed E-state index contributed by atoms with van der Waals surface area (Å²) in [6.07, 6.45) is -2.38. The summed E-state index contributed by atoms with van der Waals surface area (Å²) in [5, 5.41) is 16.3. The maximum absolute atomic E-state index is 14.1. The second kappa shape index (κ2) is 12.3. The van der Waals surface area contributed by atoms with Gasteiger partial charge in [-0.05, 0) is 58.7 Å². The molecule has 3 unspecified atom stereocenters. The fourth-order valence-electron chi connectivity index (χ4n) is 4.30. The Labute approximate surface area is 231 Å². The third kappa shape index (κ3) is 7.92. The lowest BCUT2D eigenvalue weighted by Crippen LogP contribution is -2.58. The molecule has 8 nitrogen and oxygen atoms in total. The number of carbonyl (C=O) groups excluding carboxylic acids is 3. The molecule has 0 bridgehead atoms. The van der Waals surface area contributed by atoms with Crippen LogP contribution >= 0.6 is 11.8 Å². The van der Waals surface area contributed by atoms with Crippen LogP contribution in [0.5, 0.6) is 0 Å². The van der Waals surface area contributed by atoms with E-state index in [4.69, 9.17) is 4.74 Å². The Hall–Kier alpha value is -3.18. The van der Waals surface area contributed by atoms with Crippen molar-refractivity contribution >= 4 is 29.7 Å². The first kappa shape index (κ1) is 30.4. The van der Waals surface area contributed by atoms with Gasteiger partial charge in [-0.25, -0.2) is 13.6 Å².